The Kier molecular flexibility index (Phi) is 13.8. The van der Waals surface area contributed by atoms with Gasteiger partial charge in [-0.25, -0.2) is 0 Å². The first-order valence-electron chi connectivity index (χ1n) is 21.8. The van der Waals surface area contributed by atoms with Gasteiger partial charge in [-0.3, -0.25) is 0 Å². The second-order valence-electron chi connectivity index (χ2n) is 15.8. The van der Waals surface area contributed by atoms with Crippen molar-refractivity contribution < 1.29 is 16.5 Å². The second-order valence-corrected chi connectivity index (χ2v) is 28.8. The fourth-order valence-corrected chi connectivity index (χ4v) is 31.7. The Morgan fingerprint density at radius 2 is 0.500 bits per heavy atom. The summed E-state index contributed by atoms with van der Waals surface area (Å²) in [6.07, 6.45) is 9.65. The summed E-state index contributed by atoms with van der Waals surface area (Å²) in [7, 11) is -15.0. The lowest BCUT2D eigenvalue weighted by molar-refractivity contribution is 0.259. The summed E-state index contributed by atoms with van der Waals surface area (Å²) in [5.74, 6) is 0. The summed E-state index contributed by atoms with van der Waals surface area (Å²) in [4.78, 5) is 0. The van der Waals surface area contributed by atoms with Crippen LogP contribution < -0.4 is 36.3 Å². The number of hydrogen-bond acceptors (Lipinski definition) is 4. The first-order valence-corrected chi connectivity index (χ1v) is 29.3. The quantitative estimate of drug-likeness (QED) is 0.0725. The van der Waals surface area contributed by atoms with Crippen LogP contribution in [0.2, 0.25) is 6.04 Å². The predicted octanol–water partition coefficient (Wildman–Crippen LogP) is 8.33. The topological polar surface area (TPSA) is 36.9 Å². The monoisotopic (exact) mass is 856 g/mol. The van der Waals surface area contributed by atoms with Crippen LogP contribution in [0.1, 0.15) is 58.3 Å². The standard InChI is InChI=1S/C52H56O4Si4/c1-2-3-4-5-6-7-8-30-45-57(46-31-16-9-17-32-46)53-58(47-33-18-10-19-34-47,48-35-20-11-21-36-48)55-60(51-41-26-14-27-42-51,52-43-28-15-29-44-52)56-59(54-57,49-37-22-12-23-38-49)50-39-24-13-25-40-50/h9-29,31-44H,2-8,30,45H2,1H3. The molecule has 60 heavy (non-hydrogen) atoms. The maximum Gasteiger partial charge on any atom is 0.390 e. The van der Waals surface area contributed by atoms with Crippen LogP contribution in [-0.4, -0.2) is 34.2 Å². The highest BCUT2D eigenvalue weighted by molar-refractivity contribution is 7.14. The minimum atomic E-state index is -3.85. The highest BCUT2D eigenvalue weighted by Crippen LogP contribution is 2.35. The van der Waals surface area contributed by atoms with Crippen LogP contribution >= 0.6 is 0 Å². The van der Waals surface area contributed by atoms with E-state index >= 15 is 0 Å². The molecule has 0 amide bonds. The van der Waals surface area contributed by atoms with Gasteiger partial charge < -0.3 is 16.5 Å². The average Bonchev–Trinajstić information content (AvgIpc) is 3.33. The Bertz CT molecular complexity index is 2110. The lowest BCUT2D eigenvalue weighted by Crippen LogP contribution is -2.86. The fourth-order valence-electron chi connectivity index (χ4n) is 8.65. The van der Waals surface area contributed by atoms with E-state index in [2.05, 4.69) is 219 Å². The van der Waals surface area contributed by atoms with Crippen molar-refractivity contribution in [1.29, 1.82) is 0 Å². The smallest absolute Gasteiger partial charge is 0.390 e. The molecule has 4 nitrogen and oxygen atoms in total. The first-order chi connectivity index (χ1) is 29.6. The van der Waals surface area contributed by atoms with Crippen molar-refractivity contribution in [1.82, 2.24) is 0 Å². The van der Waals surface area contributed by atoms with Gasteiger partial charge in [0.25, 0.3) is 0 Å². The van der Waals surface area contributed by atoms with E-state index in [0.29, 0.717) is 0 Å². The molecule has 0 aliphatic carbocycles. The molecule has 8 heteroatoms. The SMILES string of the molecule is CCCCCCCCCC[Si]1(c2ccccc2)O[Si](c2ccccc2)(c2ccccc2)O[Si](c2ccccc2)(c2ccccc2)O[Si](c2ccccc2)(c2ccccc2)O1. The maximum absolute atomic E-state index is 8.50. The molecular formula is C52H56O4Si4. The Morgan fingerprint density at radius 1 is 0.267 bits per heavy atom. The predicted molar refractivity (Wildman–Crippen MR) is 257 cm³/mol. The van der Waals surface area contributed by atoms with Crippen LogP contribution in [0.15, 0.2) is 212 Å². The molecule has 1 saturated heterocycles. The van der Waals surface area contributed by atoms with Crippen LogP contribution in [0, 0.1) is 0 Å². The molecule has 7 aromatic carbocycles. The van der Waals surface area contributed by atoms with E-state index in [-0.39, 0.29) is 0 Å². The van der Waals surface area contributed by atoms with Crippen molar-refractivity contribution in [3.8, 4) is 0 Å². The molecule has 0 radical (unpaired) electrons. The molecule has 0 N–H and O–H groups in total. The molecule has 0 saturated carbocycles. The van der Waals surface area contributed by atoms with Crippen LogP contribution in [0.4, 0.5) is 0 Å². The van der Waals surface area contributed by atoms with Crippen molar-refractivity contribution in [2.75, 3.05) is 0 Å². The number of rotatable bonds is 16. The zero-order chi connectivity index (χ0) is 41.0. The third-order valence-electron chi connectivity index (χ3n) is 11.7. The van der Waals surface area contributed by atoms with Crippen molar-refractivity contribution in [2.24, 2.45) is 0 Å². The van der Waals surface area contributed by atoms with E-state index in [0.717, 1.165) is 55.2 Å². The Labute approximate surface area is 361 Å². The van der Waals surface area contributed by atoms with Crippen LogP contribution in [-0.2, 0) is 16.5 Å². The highest BCUT2D eigenvalue weighted by Gasteiger charge is 2.67. The van der Waals surface area contributed by atoms with Gasteiger partial charge in [0.1, 0.15) is 0 Å². The summed E-state index contributed by atoms with van der Waals surface area (Å²) < 4.78 is 34.0. The minimum Gasteiger partial charge on any atom is -0.405 e. The normalized spacial score (nSPS) is 16.6. The molecule has 304 valence electrons. The molecule has 7 aromatic rings. The summed E-state index contributed by atoms with van der Waals surface area (Å²) in [5.41, 5.74) is 0. The molecule has 1 aliphatic heterocycles. The van der Waals surface area contributed by atoms with Gasteiger partial charge in [-0.15, -0.1) is 0 Å². The molecule has 0 unspecified atom stereocenters. The number of benzene rings is 7. The Balaban J connectivity index is 1.46. The van der Waals surface area contributed by atoms with E-state index in [4.69, 9.17) is 16.5 Å². The largest absolute Gasteiger partial charge is 0.405 e. The Morgan fingerprint density at radius 3 is 0.783 bits per heavy atom. The molecule has 1 fully saturated rings. The molecule has 8 rings (SSSR count). The minimum absolute atomic E-state index is 0.757. The van der Waals surface area contributed by atoms with Crippen LogP contribution in [0.3, 0.4) is 0 Å². The summed E-state index contributed by atoms with van der Waals surface area (Å²) in [6.45, 7) is 2.28. The fraction of sp³-hybridized carbons (Fsp3) is 0.192. The second kappa shape index (κ2) is 19.8. The van der Waals surface area contributed by atoms with E-state index < -0.39 is 34.2 Å². The van der Waals surface area contributed by atoms with Crippen molar-refractivity contribution in [3.63, 3.8) is 0 Å². The van der Waals surface area contributed by atoms with Crippen molar-refractivity contribution in [2.45, 2.75) is 64.3 Å². The van der Waals surface area contributed by atoms with Crippen LogP contribution in [0.5, 0.6) is 0 Å². The zero-order valence-corrected chi connectivity index (χ0v) is 38.7. The molecular weight excluding hydrogens is 801 g/mol. The molecule has 0 spiro atoms. The van der Waals surface area contributed by atoms with Gasteiger partial charge in [-0.05, 0) is 42.4 Å². The summed E-state index contributed by atoms with van der Waals surface area (Å²) in [6, 6.07) is 75.8. The van der Waals surface area contributed by atoms with E-state index in [9.17, 15) is 0 Å². The average molecular weight is 857 g/mol. The molecule has 0 aromatic heterocycles. The van der Waals surface area contributed by atoms with Gasteiger partial charge in [-0.2, -0.15) is 0 Å². The van der Waals surface area contributed by atoms with E-state index in [1.807, 2.05) is 0 Å². The number of hydrogen-bond donors (Lipinski definition) is 0. The molecule has 0 bridgehead atoms. The van der Waals surface area contributed by atoms with Crippen molar-refractivity contribution in [3.05, 3.63) is 212 Å². The molecule has 0 atom stereocenters. The molecule has 1 aliphatic rings. The summed E-state index contributed by atoms with van der Waals surface area (Å²) in [5, 5.41) is 7.24. The van der Waals surface area contributed by atoms with Gasteiger partial charge in [0.15, 0.2) is 0 Å². The van der Waals surface area contributed by atoms with Gasteiger partial charge in [-0.1, -0.05) is 271 Å². The van der Waals surface area contributed by atoms with E-state index in [1.54, 1.807) is 0 Å². The maximum atomic E-state index is 8.50. The van der Waals surface area contributed by atoms with Gasteiger partial charge >= 0.3 is 34.2 Å². The van der Waals surface area contributed by atoms with Gasteiger partial charge in [0, 0.05) is 0 Å². The first kappa shape index (κ1) is 42.0. The number of unbranched alkanes of at least 4 members (excludes halogenated alkanes) is 7. The lowest BCUT2D eigenvalue weighted by atomic mass is 10.1. The van der Waals surface area contributed by atoms with Crippen molar-refractivity contribution >= 4 is 70.6 Å². The summed E-state index contributed by atoms with van der Waals surface area (Å²) >= 11 is 0. The lowest BCUT2D eigenvalue weighted by Gasteiger charge is -2.53. The zero-order valence-electron chi connectivity index (χ0n) is 34.7. The highest BCUT2D eigenvalue weighted by atomic mass is 28.5. The van der Waals surface area contributed by atoms with Gasteiger partial charge in [0.2, 0.25) is 0 Å². The molecule has 1 heterocycles. The Hall–Kier alpha value is -4.75. The van der Waals surface area contributed by atoms with Gasteiger partial charge in [0.05, 0.1) is 0 Å². The van der Waals surface area contributed by atoms with Crippen LogP contribution in [0.25, 0.3) is 0 Å². The third kappa shape index (κ3) is 8.84. The third-order valence-corrected chi connectivity index (χ3v) is 30.0. The van der Waals surface area contributed by atoms with E-state index in [1.165, 1.54) is 38.5 Å².